The van der Waals surface area contributed by atoms with Gasteiger partial charge in [-0.3, -0.25) is 19.2 Å². The van der Waals surface area contributed by atoms with E-state index in [-0.39, 0.29) is 36.0 Å². The molecule has 2 aliphatic rings. The van der Waals surface area contributed by atoms with Gasteiger partial charge in [-0.2, -0.15) is 8.78 Å². The summed E-state index contributed by atoms with van der Waals surface area (Å²) < 4.78 is 45.7. The fraction of sp³-hybridized carbons (Fsp3) is 0.500. The predicted molar refractivity (Wildman–Crippen MR) is 170 cm³/mol. The highest BCUT2D eigenvalue weighted by atomic mass is 19.3. The molecule has 2 atom stereocenters. The number of hydrogen-bond acceptors (Lipinski definition) is 5. The molecule has 1 saturated carbocycles. The average Bonchev–Trinajstić information content (AvgIpc) is 3.08. The summed E-state index contributed by atoms with van der Waals surface area (Å²) in [6.45, 7) is 11.1. The van der Waals surface area contributed by atoms with Gasteiger partial charge in [0.15, 0.2) is 5.69 Å². The molecule has 2 unspecified atom stereocenters. The molecule has 2 fully saturated rings. The molecule has 0 aromatic heterocycles. The lowest BCUT2D eigenvalue weighted by Gasteiger charge is -2.34. The van der Waals surface area contributed by atoms with Crippen molar-refractivity contribution >= 4 is 35.0 Å². The third-order valence-electron chi connectivity index (χ3n) is 8.84. The summed E-state index contributed by atoms with van der Waals surface area (Å²) in [5.74, 6) is -8.30. The molecular weight excluding hydrogens is 613 g/mol. The van der Waals surface area contributed by atoms with E-state index in [9.17, 15) is 19.2 Å². The molecule has 4 rings (SSSR count). The first-order chi connectivity index (χ1) is 22.4. The first-order valence-corrected chi connectivity index (χ1v) is 16.0. The minimum absolute atomic E-state index is 0.0226. The molecular formula is C34H41F3N6O4. The summed E-state index contributed by atoms with van der Waals surface area (Å²) >= 11 is 0. The molecule has 10 nitrogen and oxygen atoms in total. The highest BCUT2D eigenvalue weighted by Gasteiger charge is 2.44. The molecule has 2 aromatic rings. The second-order valence-corrected chi connectivity index (χ2v) is 12.2. The van der Waals surface area contributed by atoms with Crippen LogP contribution in [0.5, 0.6) is 0 Å². The van der Waals surface area contributed by atoms with Crippen LogP contribution in [-0.4, -0.2) is 78.7 Å². The van der Waals surface area contributed by atoms with Crippen LogP contribution in [0.25, 0.3) is 4.85 Å². The quantitative estimate of drug-likeness (QED) is 0.311. The number of nitrogens with zero attached hydrogens (tertiary/aromatic N) is 3. The first kappa shape index (κ1) is 35.4. The van der Waals surface area contributed by atoms with E-state index in [1.807, 2.05) is 7.05 Å². The van der Waals surface area contributed by atoms with Crippen LogP contribution in [0.1, 0.15) is 56.6 Å². The lowest BCUT2D eigenvalue weighted by molar-refractivity contribution is -0.149. The van der Waals surface area contributed by atoms with E-state index < -0.39 is 47.1 Å². The van der Waals surface area contributed by atoms with Gasteiger partial charge < -0.3 is 25.8 Å². The minimum Gasteiger partial charge on any atom is -0.344 e. The molecule has 1 heterocycles. The zero-order valence-corrected chi connectivity index (χ0v) is 26.7. The number of amides is 4. The number of carbonyl (C=O) groups is 4. The molecule has 4 amide bonds. The van der Waals surface area contributed by atoms with E-state index in [0.717, 1.165) is 37.5 Å². The summed E-state index contributed by atoms with van der Waals surface area (Å²) in [6, 6.07) is 6.11. The summed E-state index contributed by atoms with van der Waals surface area (Å²) in [5, 5.41) is 7.43. The van der Waals surface area contributed by atoms with Crippen LogP contribution in [0.15, 0.2) is 42.5 Å². The van der Waals surface area contributed by atoms with Crippen LogP contribution < -0.4 is 16.0 Å². The van der Waals surface area contributed by atoms with E-state index in [1.54, 1.807) is 11.8 Å². The first-order valence-electron chi connectivity index (χ1n) is 16.0. The van der Waals surface area contributed by atoms with Crippen LogP contribution in [-0.2, 0) is 31.5 Å². The van der Waals surface area contributed by atoms with Gasteiger partial charge in [-0.1, -0.05) is 56.5 Å². The van der Waals surface area contributed by atoms with Crippen LogP contribution in [0.2, 0.25) is 0 Å². The fourth-order valence-electron chi connectivity index (χ4n) is 5.95. The van der Waals surface area contributed by atoms with Gasteiger partial charge in [0.05, 0.1) is 12.3 Å². The van der Waals surface area contributed by atoms with Gasteiger partial charge in [-0.25, -0.2) is 9.24 Å². The van der Waals surface area contributed by atoms with Crippen molar-refractivity contribution in [2.75, 3.05) is 38.5 Å². The highest BCUT2D eigenvalue weighted by molar-refractivity contribution is 5.98. The minimum atomic E-state index is -3.98. The number of halogens is 3. The smallest absolute Gasteiger partial charge is 0.344 e. The van der Waals surface area contributed by atoms with E-state index in [4.69, 9.17) is 6.57 Å². The molecule has 0 radical (unpaired) electrons. The van der Waals surface area contributed by atoms with Crippen molar-refractivity contribution in [2.24, 2.45) is 5.92 Å². The third kappa shape index (κ3) is 9.10. The number of anilines is 1. The standard InChI is InChI=1S/C34H41F3N6O4/c1-4-29(44)39-28(32(46)43-18-16-42(3)17-19-43)21-22-10-15-27(26(35)20-22)40-31(45)30(23-8-6-5-7-9-23)41-33(47)34(36,37)24-11-13-25(38-2)14-12-24/h10-15,20,23,28,30H,4-9,16-19,21H2,1,3H3,(H,39,44)(H,40,45)(H,41,47). The van der Waals surface area contributed by atoms with Gasteiger partial charge in [0.1, 0.15) is 17.9 Å². The van der Waals surface area contributed by atoms with E-state index in [2.05, 4.69) is 25.7 Å². The number of hydrogen-bond donors (Lipinski definition) is 3. The SMILES string of the molecule is [C-]#[N+]c1ccc(C(F)(F)C(=O)NC(C(=O)Nc2ccc(CC(NC(=O)CC)C(=O)N3CCN(C)CC3)cc2F)C2CCCCC2)cc1. The summed E-state index contributed by atoms with van der Waals surface area (Å²) in [7, 11) is 1.96. The van der Waals surface area contributed by atoms with Crippen LogP contribution >= 0.6 is 0 Å². The molecule has 0 bridgehead atoms. The fourth-order valence-corrected chi connectivity index (χ4v) is 5.95. The van der Waals surface area contributed by atoms with Crippen molar-refractivity contribution in [1.29, 1.82) is 0 Å². The molecule has 0 spiro atoms. The van der Waals surface area contributed by atoms with Crippen molar-refractivity contribution < 1.29 is 32.3 Å². The Morgan fingerprint density at radius 3 is 2.23 bits per heavy atom. The molecule has 13 heteroatoms. The van der Waals surface area contributed by atoms with Gasteiger partial charge in [0, 0.05) is 44.6 Å². The van der Waals surface area contributed by atoms with Crippen molar-refractivity contribution in [3.05, 3.63) is 70.8 Å². The maximum Gasteiger partial charge on any atom is 0.349 e. The number of alkyl halides is 2. The van der Waals surface area contributed by atoms with E-state index in [0.29, 0.717) is 44.6 Å². The van der Waals surface area contributed by atoms with Crippen molar-refractivity contribution in [1.82, 2.24) is 20.4 Å². The zero-order chi connectivity index (χ0) is 34.1. The Morgan fingerprint density at radius 2 is 1.64 bits per heavy atom. The Labute approximate surface area is 272 Å². The van der Waals surface area contributed by atoms with Crippen LogP contribution in [0.3, 0.4) is 0 Å². The number of likely N-dealkylation sites (N-methyl/N-ethyl adjacent to an activating group) is 1. The lowest BCUT2D eigenvalue weighted by atomic mass is 9.83. The van der Waals surface area contributed by atoms with Gasteiger partial charge >= 0.3 is 5.92 Å². The second kappa shape index (κ2) is 15.9. The van der Waals surface area contributed by atoms with Gasteiger partial charge in [0.2, 0.25) is 17.7 Å². The van der Waals surface area contributed by atoms with Crippen molar-refractivity contribution in [3.63, 3.8) is 0 Å². The monoisotopic (exact) mass is 654 g/mol. The Bertz CT molecular complexity index is 1480. The summed E-state index contributed by atoms with van der Waals surface area (Å²) in [6.07, 6.45) is 3.67. The number of benzene rings is 2. The molecule has 47 heavy (non-hydrogen) atoms. The predicted octanol–water partition coefficient (Wildman–Crippen LogP) is 4.38. The number of carbonyl (C=O) groups excluding carboxylic acids is 4. The Kier molecular flexibility index (Phi) is 12.0. The van der Waals surface area contributed by atoms with E-state index >= 15 is 13.2 Å². The number of piperazine rings is 1. The maximum atomic E-state index is 15.4. The molecule has 252 valence electrons. The van der Waals surface area contributed by atoms with Crippen molar-refractivity contribution in [3.8, 4) is 0 Å². The zero-order valence-electron chi connectivity index (χ0n) is 26.7. The van der Waals surface area contributed by atoms with Gasteiger partial charge in [-0.15, -0.1) is 0 Å². The third-order valence-corrected chi connectivity index (χ3v) is 8.84. The average molecular weight is 655 g/mol. The Balaban J connectivity index is 1.49. The lowest BCUT2D eigenvalue weighted by Crippen LogP contribution is -2.54. The highest BCUT2D eigenvalue weighted by Crippen LogP contribution is 2.32. The van der Waals surface area contributed by atoms with Gasteiger partial charge in [-0.05, 0) is 43.5 Å². The Morgan fingerprint density at radius 1 is 0.979 bits per heavy atom. The maximum absolute atomic E-state index is 15.4. The van der Waals surface area contributed by atoms with Crippen molar-refractivity contribution in [2.45, 2.75) is 69.9 Å². The van der Waals surface area contributed by atoms with E-state index in [1.165, 1.54) is 24.3 Å². The molecule has 3 N–H and O–H groups in total. The second-order valence-electron chi connectivity index (χ2n) is 12.2. The topological polar surface area (TPSA) is 115 Å². The van der Waals surface area contributed by atoms with Crippen LogP contribution in [0.4, 0.5) is 24.5 Å². The largest absolute Gasteiger partial charge is 0.349 e. The van der Waals surface area contributed by atoms with Gasteiger partial charge in [0.25, 0.3) is 5.91 Å². The summed E-state index contributed by atoms with van der Waals surface area (Å²) in [4.78, 5) is 58.8. The number of nitrogens with one attached hydrogen (secondary N) is 3. The Hall–Kier alpha value is -4.44. The molecule has 1 saturated heterocycles. The normalized spacial score (nSPS) is 17.2. The van der Waals surface area contributed by atoms with Crippen LogP contribution in [0, 0.1) is 18.3 Å². The molecule has 2 aromatic carbocycles. The molecule has 1 aliphatic heterocycles. The number of rotatable bonds is 11. The summed E-state index contributed by atoms with van der Waals surface area (Å²) in [5.41, 5.74) is -0.285. The molecule has 1 aliphatic carbocycles.